The second-order valence-electron chi connectivity index (χ2n) is 2.86. The lowest BCUT2D eigenvalue weighted by molar-refractivity contribution is 1.10. The van der Waals surface area contributed by atoms with E-state index in [0.717, 1.165) is 16.6 Å². The van der Waals surface area contributed by atoms with E-state index >= 15 is 0 Å². The highest BCUT2D eigenvalue weighted by atomic mass is 35.5. The minimum Gasteiger partial charge on any atom is -0.238 e. The first-order valence-corrected chi connectivity index (χ1v) is 4.31. The normalized spacial score (nSPS) is 10.7. The fourth-order valence-electron chi connectivity index (χ4n) is 1.38. The zero-order valence-corrected chi connectivity index (χ0v) is 7.97. The maximum absolute atomic E-state index is 6.01. The Morgan fingerprint density at radius 3 is 2.85 bits per heavy atom. The number of aryl methyl sites for hydroxylation is 1. The van der Waals surface area contributed by atoms with E-state index < -0.39 is 0 Å². The highest BCUT2D eigenvalue weighted by Crippen LogP contribution is 2.23. The lowest BCUT2D eigenvalue weighted by Crippen LogP contribution is -1.93. The van der Waals surface area contributed by atoms with Crippen molar-refractivity contribution in [3.05, 3.63) is 41.7 Å². The average molecular weight is 192 g/mol. The molecule has 0 amide bonds. The third kappa shape index (κ3) is 1.38. The van der Waals surface area contributed by atoms with Crippen molar-refractivity contribution in [1.82, 2.24) is 9.97 Å². The van der Waals surface area contributed by atoms with E-state index in [1.807, 2.05) is 25.1 Å². The molecular weight excluding hydrogens is 184 g/mol. The van der Waals surface area contributed by atoms with Crippen LogP contribution in [0.25, 0.3) is 10.9 Å². The maximum Gasteiger partial charge on any atom is 0.129 e. The Morgan fingerprint density at radius 1 is 1.31 bits per heavy atom. The zero-order valence-electron chi connectivity index (χ0n) is 7.21. The molecule has 0 aliphatic heterocycles. The Balaban J connectivity index is 2.94. The quantitative estimate of drug-likeness (QED) is 0.640. The van der Waals surface area contributed by atoms with E-state index in [-0.39, 0.29) is 0 Å². The van der Waals surface area contributed by atoms with Crippen LogP contribution in [-0.4, -0.2) is 9.97 Å². The van der Waals surface area contributed by atoms with Gasteiger partial charge >= 0.3 is 0 Å². The minimum absolute atomic E-state index is 0.535. The molecule has 1 radical (unpaired) electrons. The molecule has 1 aromatic heterocycles. The third-order valence-electron chi connectivity index (χ3n) is 1.90. The van der Waals surface area contributed by atoms with Gasteiger partial charge in [0.05, 0.1) is 16.2 Å². The number of hydrogen-bond acceptors (Lipinski definition) is 2. The van der Waals surface area contributed by atoms with Gasteiger partial charge in [-0.05, 0) is 19.1 Å². The molecule has 13 heavy (non-hydrogen) atoms. The number of hydrogen-bond donors (Lipinski definition) is 0. The summed E-state index contributed by atoms with van der Waals surface area (Å²) in [6.07, 6.45) is 0. The topological polar surface area (TPSA) is 25.8 Å². The fourth-order valence-corrected chi connectivity index (χ4v) is 1.68. The molecule has 0 saturated carbocycles. The van der Waals surface area contributed by atoms with Crippen molar-refractivity contribution in [2.75, 3.05) is 0 Å². The van der Waals surface area contributed by atoms with Gasteiger partial charge in [-0.25, -0.2) is 9.97 Å². The second kappa shape index (κ2) is 2.96. The van der Waals surface area contributed by atoms with Crippen molar-refractivity contribution in [3.63, 3.8) is 0 Å². The molecule has 1 heterocycles. The molecule has 0 aliphatic carbocycles. The van der Waals surface area contributed by atoms with Crippen LogP contribution in [0.1, 0.15) is 11.5 Å². The fraction of sp³-hybridized carbons (Fsp3) is 0.100. The van der Waals surface area contributed by atoms with Crippen LogP contribution in [-0.2, 0) is 0 Å². The Morgan fingerprint density at radius 2 is 2.08 bits per heavy atom. The van der Waals surface area contributed by atoms with Crippen LogP contribution in [0, 0.1) is 13.8 Å². The van der Waals surface area contributed by atoms with Gasteiger partial charge < -0.3 is 0 Å². The van der Waals surface area contributed by atoms with E-state index in [1.165, 1.54) is 0 Å². The number of aromatic nitrogens is 2. The molecule has 0 spiro atoms. The first kappa shape index (κ1) is 8.45. The summed E-state index contributed by atoms with van der Waals surface area (Å²) >= 11 is 6.01. The standard InChI is InChI=1S/C10H8ClN2/c1-6-10-8(11)4-3-5-9(10)13-7(2)12-6/h3-5H,2H2,1H3. The summed E-state index contributed by atoms with van der Waals surface area (Å²) < 4.78 is 0. The SMILES string of the molecule is [CH2]c1nc(C)c2c(Cl)cccc2n1. The van der Waals surface area contributed by atoms with Gasteiger partial charge in [-0.15, -0.1) is 0 Å². The van der Waals surface area contributed by atoms with Crippen molar-refractivity contribution in [2.45, 2.75) is 6.92 Å². The minimum atomic E-state index is 0.535. The van der Waals surface area contributed by atoms with E-state index in [9.17, 15) is 0 Å². The van der Waals surface area contributed by atoms with E-state index in [4.69, 9.17) is 11.6 Å². The molecule has 2 nitrogen and oxygen atoms in total. The Kier molecular flexibility index (Phi) is 1.93. The molecule has 0 saturated heterocycles. The van der Waals surface area contributed by atoms with Gasteiger partial charge in [0.2, 0.25) is 0 Å². The lowest BCUT2D eigenvalue weighted by atomic mass is 10.2. The summed E-state index contributed by atoms with van der Waals surface area (Å²) in [5.41, 5.74) is 1.73. The zero-order chi connectivity index (χ0) is 9.42. The molecule has 65 valence electrons. The molecule has 0 atom stereocenters. The molecule has 0 bridgehead atoms. The number of nitrogens with zero attached hydrogens (tertiary/aromatic N) is 2. The van der Waals surface area contributed by atoms with E-state index in [0.29, 0.717) is 10.8 Å². The van der Waals surface area contributed by atoms with Crippen LogP contribution in [0.2, 0.25) is 5.02 Å². The number of benzene rings is 1. The van der Waals surface area contributed by atoms with Crippen molar-refractivity contribution in [2.24, 2.45) is 0 Å². The molecule has 3 heteroatoms. The number of fused-ring (bicyclic) bond motifs is 1. The predicted molar refractivity (Wildman–Crippen MR) is 53.7 cm³/mol. The highest BCUT2D eigenvalue weighted by Gasteiger charge is 2.04. The summed E-state index contributed by atoms with van der Waals surface area (Å²) in [4.78, 5) is 8.35. The highest BCUT2D eigenvalue weighted by molar-refractivity contribution is 6.35. The van der Waals surface area contributed by atoms with Gasteiger partial charge in [-0.3, -0.25) is 0 Å². The van der Waals surface area contributed by atoms with Crippen LogP contribution in [0.15, 0.2) is 18.2 Å². The smallest absolute Gasteiger partial charge is 0.129 e. The summed E-state index contributed by atoms with van der Waals surface area (Å²) in [6, 6.07) is 5.62. The van der Waals surface area contributed by atoms with Crippen LogP contribution in [0.5, 0.6) is 0 Å². The summed E-state index contributed by atoms with van der Waals surface area (Å²) in [6.45, 7) is 5.60. The number of rotatable bonds is 0. The molecule has 0 fully saturated rings. The third-order valence-corrected chi connectivity index (χ3v) is 2.21. The Bertz CT molecular complexity index is 466. The van der Waals surface area contributed by atoms with Crippen LogP contribution < -0.4 is 0 Å². The molecule has 1 aromatic carbocycles. The van der Waals surface area contributed by atoms with Crippen LogP contribution in [0.4, 0.5) is 0 Å². The molecule has 0 aliphatic rings. The van der Waals surface area contributed by atoms with Gasteiger partial charge in [0.1, 0.15) is 5.82 Å². The van der Waals surface area contributed by atoms with Crippen molar-refractivity contribution < 1.29 is 0 Å². The molecule has 0 unspecified atom stereocenters. The summed E-state index contributed by atoms with van der Waals surface area (Å²) in [5.74, 6) is 0.535. The van der Waals surface area contributed by atoms with Crippen LogP contribution in [0.3, 0.4) is 0 Å². The largest absolute Gasteiger partial charge is 0.238 e. The summed E-state index contributed by atoms with van der Waals surface area (Å²) in [7, 11) is 0. The average Bonchev–Trinajstić information content (AvgIpc) is 2.02. The van der Waals surface area contributed by atoms with Gasteiger partial charge in [0.15, 0.2) is 0 Å². The molecule has 2 aromatic rings. The maximum atomic E-state index is 6.01. The molecule has 0 N–H and O–H groups in total. The monoisotopic (exact) mass is 191 g/mol. The van der Waals surface area contributed by atoms with E-state index in [2.05, 4.69) is 16.9 Å². The van der Waals surface area contributed by atoms with Gasteiger partial charge in [-0.2, -0.15) is 0 Å². The Labute approximate surface area is 81.6 Å². The first-order valence-electron chi connectivity index (χ1n) is 3.93. The van der Waals surface area contributed by atoms with Gasteiger partial charge in [-0.1, -0.05) is 17.7 Å². The molecular formula is C10H8ClN2. The number of halogens is 1. The summed E-state index contributed by atoms with van der Waals surface area (Å²) in [5, 5.41) is 1.60. The Hall–Kier alpha value is -1.15. The predicted octanol–water partition coefficient (Wildman–Crippen LogP) is 2.77. The van der Waals surface area contributed by atoms with Gasteiger partial charge in [0.25, 0.3) is 0 Å². The van der Waals surface area contributed by atoms with Gasteiger partial charge in [0, 0.05) is 12.3 Å². The van der Waals surface area contributed by atoms with Crippen molar-refractivity contribution in [3.8, 4) is 0 Å². The first-order chi connectivity index (χ1) is 6.18. The molecule has 2 rings (SSSR count). The van der Waals surface area contributed by atoms with Crippen LogP contribution >= 0.6 is 11.6 Å². The van der Waals surface area contributed by atoms with Crippen molar-refractivity contribution >= 4 is 22.5 Å². The van der Waals surface area contributed by atoms with Crippen molar-refractivity contribution in [1.29, 1.82) is 0 Å². The second-order valence-corrected chi connectivity index (χ2v) is 3.27. The van der Waals surface area contributed by atoms with E-state index in [1.54, 1.807) is 0 Å². The lowest BCUT2D eigenvalue weighted by Gasteiger charge is -2.03.